The molecule has 0 radical (unpaired) electrons. The highest BCUT2D eigenvalue weighted by molar-refractivity contribution is 9.11. The predicted molar refractivity (Wildman–Crippen MR) is 91.7 cm³/mol. The summed E-state index contributed by atoms with van der Waals surface area (Å²) >= 11 is 6.74. The second kappa shape index (κ2) is 7.43. The number of hydrogen-bond donors (Lipinski definition) is 1. The van der Waals surface area contributed by atoms with Gasteiger partial charge in [0.2, 0.25) is 0 Å². The number of hydrogen-bond acceptors (Lipinski definition) is 3. The molecule has 0 aliphatic heterocycles. The molecule has 0 fully saturated rings. The van der Waals surface area contributed by atoms with E-state index in [0.29, 0.717) is 17.0 Å². The summed E-state index contributed by atoms with van der Waals surface area (Å²) in [5.41, 5.74) is 1.15. The number of carbonyl (C=O) groups excluding carboxylic acids is 1. The Hall–Kier alpha value is -1.84. The second-order valence-corrected chi connectivity index (χ2v) is 6.28. The summed E-state index contributed by atoms with van der Waals surface area (Å²) < 4.78 is 7.25. The number of nitriles is 1. The summed E-state index contributed by atoms with van der Waals surface area (Å²) in [6.07, 6.45) is -0.690. The Morgan fingerprint density at radius 3 is 2.73 bits per heavy atom. The number of nitrogens with one attached hydrogen (secondary N) is 1. The average molecular weight is 424 g/mol. The van der Waals surface area contributed by atoms with Gasteiger partial charge in [0.1, 0.15) is 5.75 Å². The van der Waals surface area contributed by atoms with Crippen molar-refractivity contribution < 1.29 is 9.53 Å². The van der Waals surface area contributed by atoms with Gasteiger partial charge in [-0.05, 0) is 59.3 Å². The van der Waals surface area contributed by atoms with Crippen LogP contribution >= 0.6 is 31.9 Å². The van der Waals surface area contributed by atoms with Crippen LogP contribution in [0.4, 0.5) is 5.69 Å². The number of amides is 1. The maximum absolute atomic E-state index is 12.2. The molecule has 1 atom stereocenters. The lowest BCUT2D eigenvalue weighted by Gasteiger charge is -2.15. The van der Waals surface area contributed by atoms with Crippen molar-refractivity contribution in [1.82, 2.24) is 0 Å². The van der Waals surface area contributed by atoms with E-state index in [1.54, 1.807) is 37.3 Å². The monoisotopic (exact) mass is 422 g/mol. The minimum atomic E-state index is -0.690. The van der Waals surface area contributed by atoms with Crippen molar-refractivity contribution in [1.29, 1.82) is 5.26 Å². The number of nitrogens with zero attached hydrogens (tertiary/aromatic N) is 1. The van der Waals surface area contributed by atoms with E-state index in [2.05, 4.69) is 37.2 Å². The normalized spacial score (nSPS) is 11.4. The van der Waals surface area contributed by atoms with Gasteiger partial charge in [0.05, 0.1) is 17.3 Å². The van der Waals surface area contributed by atoms with Gasteiger partial charge in [0, 0.05) is 8.95 Å². The molecular formula is C16H12Br2N2O2. The van der Waals surface area contributed by atoms with E-state index >= 15 is 0 Å². The van der Waals surface area contributed by atoms with Gasteiger partial charge in [-0.2, -0.15) is 5.26 Å². The summed E-state index contributed by atoms with van der Waals surface area (Å²) in [7, 11) is 0. The number of benzene rings is 2. The highest BCUT2D eigenvalue weighted by Gasteiger charge is 2.16. The molecule has 2 rings (SSSR count). The topological polar surface area (TPSA) is 62.1 Å². The molecule has 112 valence electrons. The van der Waals surface area contributed by atoms with Crippen LogP contribution in [-0.4, -0.2) is 12.0 Å². The number of rotatable bonds is 4. The lowest BCUT2D eigenvalue weighted by Crippen LogP contribution is -2.30. The van der Waals surface area contributed by atoms with Gasteiger partial charge in [-0.1, -0.05) is 22.0 Å². The molecule has 1 N–H and O–H groups in total. The number of anilines is 1. The molecule has 0 bridgehead atoms. The van der Waals surface area contributed by atoms with E-state index in [4.69, 9.17) is 10.00 Å². The Morgan fingerprint density at radius 2 is 2.05 bits per heavy atom. The number of ether oxygens (including phenoxy) is 1. The molecule has 22 heavy (non-hydrogen) atoms. The lowest BCUT2D eigenvalue weighted by molar-refractivity contribution is -0.122. The number of carbonyl (C=O) groups is 1. The summed E-state index contributed by atoms with van der Waals surface area (Å²) in [5.74, 6) is 0.210. The van der Waals surface area contributed by atoms with Crippen molar-refractivity contribution in [2.24, 2.45) is 0 Å². The number of halogens is 2. The molecule has 0 aliphatic rings. The van der Waals surface area contributed by atoms with Crippen molar-refractivity contribution in [2.75, 3.05) is 5.32 Å². The van der Waals surface area contributed by atoms with Gasteiger partial charge >= 0.3 is 0 Å². The third-order valence-electron chi connectivity index (χ3n) is 2.83. The Bertz CT molecular complexity index is 741. The minimum Gasteiger partial charge on any atom is -0.481 e. The van der Waals surface area contributed by atoms with Crippen LogP contribution in [0.3, 0.4) is 0 Å². The van der Waals surface area contributed by atoms with Crippen LogP contribution in [0.1, 0.15) is 12.5 Å². The van der Waals surface area contributed by atoms with Gasteiger partial charge in [-0.15, -0.1) is 0 Å². The Kier molecular flexibility index (Phi) is 5.58. The standard InChI is InChI=1S/C16H12Br2N2O2/c1-10(22-13-4-2-3-11(7-13)9-19)16(21)20-15-6-5-12(17)8-14(15)18/h2-8,10H,1H3,(H,20,21)/t10-/m0/s1. The molecule has 2 aromatic carbocycles. The third-order valence-corrected chi connectivity index (χ3v) is 3.98. The van der Waals surface area contributed by atoms with Crippen LogP contribution in [0.2, 0.25) is 0 Å². The first kappa shape index (κ1) is 16.5. The van der Waals surface area contributed by atoms with Gasteiger partial charge in [0.25, 0.3) is 5.91 Å². The maximum atomic E-state index is 12.2. The third kappa shape index (κ3) is 4.33. The van der Waals surface area contributed by atoms with E-state index < -0.39 is 6.10 Å². The summed E-state index contributed by atoms with van der Waals surface area (Å²) in [6, 6.07) is 14.2. The SMILES string of the molecule is C[C@H](Oc1cccc(C#N)c1)C(=O)Nc1ccc(Br)cc1Br. The van der Waals surface area contributed by atoms with Gasteiger partial charge in [0.15, 0.2) is 6.10 Å². The molecule has 1 amide bonds. The summed E-state index contributed by atoms with van der Waals surface area (Å²) in [6.45, 7) is 1.65. The fourth-order valence-corrected chi connectivity index (χ4v) is 2.87. The maximum Gasteiger partial charge on any atom is 0.265 e. The molecule has 0 heterocycles. The largest absolute Gasteiger partial charge is 0.481 e. The first-order chi connectivity index (χ1) is 10.5. The van der Waals surface area contributed by atoms with Crippen molar-refractivity contribution in [3.63, 3.8) is 0 Å². The molecular weight excluding hydrogens is 412 g/mol. The zero-order valence-electron chi connectivity index (χ0n) is 11.6. The van der Waals surface area contributed by atoms with Crippen LogP contribution in [0.5, 0.6) is 5.75 Å². The smallest absolute Gasteiger partial charge is 0.265 e. The van der Waals surface area contributed by atoms with Crippen molar-refractivity contribution in [3.8, 4) is 11.8 Å². The van der Waals surface area contributed by atoms with Crippen LogP contribution in [0.15, 0.2) is 51.4 Å². The Morgan fingerprint density at radius 1 is 1.27 bits per heavy atom. The van der Waals surface area contributed by atoms with Crippen LogP contribution in [-0.2, 0) is 4.79 Å². The van der Waals surface area contributed by atoms with Crippen molar-refractivity contribution in [2.45, 2.75) is 13.0 Å². The molecule has 0 aliphatic carbocycles. The first-order valence-corrected chi connectivity index (χ1v) is 8.01. The van der Waals surface area contributed by atoms with Gasteiger partial charge < -0.3 is 10.1 Å². The van der Waals surface area contributed by atoms with E-state index in [1.807, 2.05) is 18.2 Å². The quantitative estimate of drug-likeness (QED) is 0.787. The fourth-order valence-electron chi connectivity index (χ4n) is 1.72. The molecule has 0 spiro atoms. The summed E-state index contributed by atoms with van der Waals surface area (Å²) in [5, 5.41) is 11.6. The molecule has 6 heteroatoms. The molecule has 0 unspecified atom stereocenters. The van der Waals surface area contributed by atoms with Crippen LogP contribution < -0.4 is 10.1 Å². The van der Waals surface area contributed by atoms with Crippen molar-refractivity contribution >= 4 is 43.5 Å². The van der Waals surface area contributed by atoms with E-state index in [0.717, 1.165) is 8.95 Å². The highest BCUT2D eigenvalue weighted by Crippen LogP contribution is 2.26. The van der Waals surface area contributed by atoms with Gasteiger partial charge in [-0.3, -0.25) is 4.79 Å². The zero-order chi connectivity index (χ0) is 16.1. The predicted octanol–water partition coefficient (Wildman–Crippen LogP) is 4.49. The average Bonchev–Trinajstić information content (AvgIpc) is 2.50. The van der Waals surface area contributed by atoms with Gasteiger partial charge in [-0.25, -0.2) is 0 Å². The van der Waals surface area contributed by atoms with Crippen LogP contribution in [0.25, 0.3) is 0 Å². The summed E-state index contributed by atoms with van der Waals surface area (Å²) in [4.78, 5) is 12.2. The van der Waals surface area contributed by atoms with E-state index in [1.165, 1.54) is 0 Å². The van der Waals surface area contributed by atoms with Crippen LogP contribution in [0, 0.1) is 11.3 Å². The molecule has 2 aromatic rings. The first-order valence-electron chi connectivity index (χ1n) is 6.42. The van der Waals surface area contributed by atoms with E-state index in [-0.39, 0.29) is 5.91 Å². The molecule has 0 saturated heterocycles. The van der Waals surface area contributed by atoms with E-state index in [9.17, 15) is 4.79 Å². The molecule has 0 saturated carbocycles. The highest BCUT2D eigenvalue weighted by atomic mass is 79.9. The molecule has 4 nitrogen and oxygen atoms in total. The Labute approximate surface area is 145 Å². The molecule has 0 aromatic heterocycles. The zero-order valence-corrected chi connectivity index (χ0v) is 14.8. The second-order valence-electron chi connectivity index (χ2n) is 4.51. The lowest BCUT2D eigenvalue weighted by atomic mass is 10.2. The minimum absolute atomic E-state index is 0.273. The van der Waals surface area contributed by atoms with Crippen molar-refractivity contribution in [3.05, 3.63) is 57.0 Å². The Balaban J connectivity index is 2.04. The fraction of sp³-hybridized carbons (Fsp3) is 0.125.